The highest BCUT2D eigenvalue weighted by Crippen LogP contribution is 2.24. The molecular formula is C12H15N4O3. The molecule has 0 fully saturated rings. The number of amides is 1. The molecule has 1 aliphatic heterocycles. The van der Waals surface area contributed by atoms with Gasteiger partial charge in [0.2, 0.25) is 5.91 Å². The lowest BCUT2D eigenvalue weighted by Crippen LogP contribution is -2.43. The zero-order valence-corrected chi connectivity index (χ0v) is 11.1. The molecule has 0 saturated heterocycles. The van der Waals surface area contributed by atoms with E-state index < -0.39 is 11.2 Å². The predicted molar refractivity (Wildman–Crippen MR) is 70.3 cm³/mol. The van der Waals surface area contributed by atoms with Crippen molar-refractivity contribution < 1.29 is 4.79 Å². The first-order valence-electron chi connectivity index (χ1n) is 5.98. The maximum Gasteiger partial charge on any atom is 0.332 e. The number of aromatic nitrogens is 2. The minimum Gasteiger partial charge on any atom is -0.279 e. The Kier molecular flexibility index (Phi) is 3.28. The summed E-state index contributed by atoms with van der Waals surface area (Å²) in [6.45, 7) is 1.88. The van der Waals surface area contributed by atoms with Gasteiger partial charge in [-0.25, -0.2) is 10.1 Å². The third-order valence-corrected chi connectivity index (χ3v) is 3.00. The van der Waals surface area contributed by atoms with Crippen LogP contribution in [0, 0.1) is 0 Å². The van der Waals surface area contributed by atoms with Gasteiger partial charge in [0.05, 0.1) is 0 Å². The molecule has 7 heteroatoms. The summed E-state index contributed by atoms with van der Waals surface area (Å²) in [5.74, 6) is 0.0192. The van der Waals surface area contributed by atoms with Crippen molar-refractivity contribution in [1.29, 1.82) is 0 Å². The molecular weight excluding hydrogens is 248 g/mol. The first-order valence-corrected chi connectivity index (χ1v) is 5.98. The van der Waals surface area contributed by atoms with Crippen LogP contribution in [0.4, 0.5) is 11.5 Å². The van der Waals surface area contributed by atoms with Crippen LogP contribution in [0.3, 0.4) is 0 Å². The van der Waals surface area contributed by atoms with Gasteiger partial charge in [0, 0.05) is 32.9 Å². The fourth-order valence-electron chi connectivity index (χ4n) is 1.96. The van der Waals surface area contributed by atoms with Gasteiger partial charge in [-0.2, -0.15) is 0 Å². The van der Waals surface area contributed by atoms with Crippen LogP contribution in [0.5, 0.6) is 0 Å². The molecule has 101 valence electrons. The summed E-state index contributed by atoms with van der Waals surface area (Å²) in [6, 6.07) is 0. The maximum absolute atomic E-state index is 12.2. The number of rotatable bonds is 2. The molecule has 0 aromatic carbocycles. The van der Waals surface area contributed by atoms with E-state index in [0.717, 1.165) is 4.57 Å². The SMILES string of the molecule is CCCC(=O)N1C=C[N]c2c1c(=O)n(C)c(=O)n2C. The number of carbonyl (C=O) groups is 1. The molecule has 1 aliphatic rings. The highest BCUT2D eigenvalue weighted by Gasteiger charge is 2.26. The fourth-order valence-corrected chi connectivity index (χ4v) is 1.96. The Balaban J connectivity index is 2.68. The second-order valence-electron chi connectivity index (χ2n) is 4.32. The normalized spacial score (nSPS) is 13.1. The number of nitrogens with zero attached hydrogens (tertiary/aromatic N) is 4. The lowest BCUT2D eigenvalue weighted by Gasteiger charge is -2.24. The first-order chi connectivity index (χ1) is 8.99. The smallest absolute Gasteiger partial charge is 0.279 e. The van der Waals surface area contributed by atoms with Gasteiger partial charge in [-0.05, 0) is 6.42 Å². The Morgan fingerprint density at radius 1 is 1.26 bits per heavy atom. The fraction of sp³-hybridized carbons (Fsp3) is 0.417. The minimum absolute atomic E-state index is 0.130. The average Bonchev–Trinajstić information content (AvgIpc) is 2.42. The van der Waals surface area contributed by atoms with Gasteiger partial charge in [-0.3, -0.25) is 23.6 Å². The number of hydrogen-bond donors (Lipinski definition) is 0. The van der Waals surface area contributed by atoms with Crippen LogP contribution in [0.15, 0.2) is 22.0 Å². The molecule has 1 aromatic heterocycles. The topological polar surface area (TPSA) is 78.4 Å². The second kappa shape index (κ2) is 4.75. The highest BCUT2D eigenvalue weighted by molar-refractivity contribution is 5.97. The third-order valence-electron chi connectivity index (χ3n) is 3.00. The van der Waals surface area contributed by atoms with Crippen molar-refractivity contribution >= 4 is 17.4 Å². The van der Waals surface area contributed by atoms with Crippen molar-refractivity contribution in [2.75, 3.05) is 4.90 Å². The Labute approximate surface area is 109 Å². The lowest BCUT2D eigenvalue weighted by molar-refractivity contribution is -0.118. The van der Waals surface area contributed by atoms with Gasteiger partial charge in [-0.15, -0.1) is 0 Å². The van der Waals surface area contributed by atoms with E-state index in [2.05, 4.69) is 5.32 Å². The monoisotopic (exact) mass is 263 g/mol. The summed E-state index contributed by atoms with van der Waals surface area (Å²) in [5, 5.41) is 4.02. The molecule has 1 amide bonds. The van der Waals surface area contributed by atoms with E-state index in [1.165, 1.54) is 36.0 Å². The van der Waals surface area contributed by atoms with Crippen LogP contribution >= 0.6 is 0 Å². The first kappa shape index (κ1) is 13.1. The summed E-state index contributed by atoms with van der Waals surface area (Å²) >= 11 is 0. The Hall–Kier alpha value is -2.31. The molecule has 2 heterocycles. The molecule has 2 rings (SSSR count). The predicted octanol–water partition coefficient (Wildman–Crippen LogP) is -0.0622. The van der Waals surface area contributed by atoms with Crippen LogP contribution in [0.25, 0.3) is 0 Å². The van der Waals surface area contributed by atoms with Gasteiger partial charge in [0.1, 0.15) is 0 Å². The van der Waals surface area contributed by atoms with Crippen molar-refractivity contribution in [2.45, 2.75) is 19.8 Å². The third kappa shape index (κ3) is 1.96. The van der Waals surface area contributed by atoms with Crippen LogP contribution in [-0.4, -0.2) is 15.0 Å². The molecule has 7 nitrogen and oxygen atoms in total. The largest absolute Gasteiger partial charge is 0.332 e. The molecule has 19 heavy (non-hydrogen) atoms. The molecule has 0 unspecified atom stereocenters. The quantitative estimate of drug-likeness (QED) is 0.749. The standard InChI is InChI=1S/C12H15N4O3/c1-4-5-8(17)16-7-6-13-10-9(16)11(18)15(3)12(19)14(10)2/h6-7H,4-5H2,1-3H3. The van der Waals surface area contributed by atoms with Crippen LogP contribution in [-0.2, 0) is 18.9 Å². The molecule has 1 radical (unpaired) electrons. The number of anilines is 1. The van der Waals surface area contributed by atoms with Crippen molar-refractivity contribution in [3.8, 4) is 0 Å². The van der Waals surface area contributed by atoms with Gasteiger partial charge < -0.3 is 0 Å². The van der Waals surface area contributed by atoms with Gasteiger partial charge in [0.15, 0.2) is 11.5 Å². The number of fused-ring (bicyclic) bond motifs is 1. The number of carbonyl (C=O) groups excluding carboxylic acids is 1. The van der Waals surface area contributed by atoms with E-state index in [4.69, 9.17) is 0 Å². The molecule has 1 aromatic rings. The van der Waals surface area contributed by atoms with E-state index >= 15 is 0 Å². The van der Waals surface area contributed by atoms with Crippen LogP contribution in [0.2, 0.25) is 0 Å². The summed E-state index contributed by atoms with van der Waals surface area (Å²) in [6.07, 6.45) is 3.87. The molecule has 0 atom stereocenters. The lowest BCUT2D eigenvalue weighted by atomic mass is 10.2. The summed E-state index contributed by atoms with van der Waals surface area (Å²) in [7, 11) is 2.90. The Morgan fingerprint density at radius 3 is 2.58 bits per heavy atom. The van der Waals surface area contributed by atoms with Gasteiger partial charge in [0.25, 0.3) is 5.56 Å². The van der Waals surface area contributed by atoms with Crippen LogP contribution in [0.1, 0.15) is 19.8 Å². The van der Waals surface area contributed by atoms with E-state index in [1.54, 1.807) is 0 Å². The second-order valence-corrected chi connectivity index (χ2v) is 4.32. The van der Waals surface area contributed by atoms with Crippen LogP contribution < -0.4 is 21.5 Å². The maximum atomic E-state index is 12.2. The zero-order valence-electron chi connectivity index (χ0n) is 11.1. The molecule has 0 spiro atoms. The molecule has 0 aliphatic carbocycles. The van der Waals surface area contributed by atoms with E-state index in [9.17, 15) is 14.4 Å². The van der Waals surface area contributed by atoms with Gasteiger partial charge >= 0.3 is 5.69 Å². The van der Waals surface area contributed by atoms with Crippen molar-refractivity contribution in [1.82, 2.24) is 14.5 Å². The Morgan fingerprint density at radius 2 is 1.95 bits per heavy atom. The van der Waals surface area contributed by atoms with E-state index in [1.807, 2.05) is 6.92 Å². The van der Waals surface area contributed by atoms with Gasteiger partial charge in [-0.1, -0.05) is 6.92 Å². The summed E-state index contributed by atoms with van der Waals surface area (Å²) < 4.78 is 2.23. The molecule has 0 N–H and O–H groups in total. The van der Waals surface area contributed by atoms with Crippen molar-refractivity contribution in [3.05, 3.63) is 33.2 Å². The zero-order chi connectivity index (χ0) is 14.2. The van der Waals surface area contributed by atoms with Crippen molar-refractivity contribution in [3.63, 3.8) is 0 Å². The molecule has 0 saturated carbocycles. The van der Waals surface area contributed by atoms with Crippen molar-refractivity contribution in [2.24, 2.45) is 14.1 Å². The minimum atomic E-state index is -0.518. The molecule has 0 bridgehead atoms. The summed E-state index contributed by atoms with van der Waals surface area (Å²) in [4.78, 5) is 37.3. The Bertz CT molecular complexity index is 669. The van der Waals surface area contributed by atoms with E-state index in [0.29, 0.717) is 12.8 Å². The average molecular weight is 263 g/mol. The van der Waals surface area contributed by atoms with E-state index in [-0.39, 0.29) is 17.4 Å². The summed E-state index contributed by atoms with van der Waals surface area (Å²) in [5.41, 5.74) is -0.855. The number of hydrogen-bond acceptors (Lipinski definition) is 3. The highest BCUT2D eigenvalue weighted by atomic mass is 16.2.